The third-order valence-corrected chi connectivity index (χ3v) is 1.32. The van der Waals surface area contributed by atoms with Gasteiger partial charge >= 0.3 is 0 Å². The van der Waals surface area contributed by atoms with Gasteiger partial charge in [-0.1, -0.05) is 0 Å². The normalized spacial score (nSPS) is 38.2. The van der Waals surface area contributed by atoms with Crippen molar-refractivity contribution in [3.8, 4) is 0 Å². The van der Waals surface area contributed by atoms with Crippen LogP contribution in [0.5, 0.6) is 0 Å². The first kappa shape index (κ1) is 6.01. The maximum Gasteiger partial charge on any atom is 0.154 e. The molecule has 0 aliphatic carbocycles. The molecule has 1 fully saturated rings. The Labute approximate surface area is 47.9 Å². The second kappa shape index (κ2) is 2.44. The smallest absolute Gasteiger partial charge is 0.154 e. The van der Waals surface area contributed by atoms with Crippen molar-refractivity contribution in [2.24, 2.45) is 5.92 Å². The standard InChI is InChI=1S/C5H10O3/c6-2-4-1-5(7)8-3-4/h4-7H,1-3H2. The number of ether oxygens (including phenoxy) is 1. The van der Waals surface area contributed by atoms with Crippen LogP contribution in [0.3, 0.4) is 0 Å². The van der Waals surface area contributed by atoms with Crippen LogP contribution >= 0.6 is 0 Å². The Morgan fingerprint density at radius 1 is 1.62 bits per heavy atom. The Hall–Kier alpha value is -0.120. The lowest BCUT2D eigenvalue weighted by Crippen LogP contribution is -2.04. The van der Waals surface area contributed by atoms with Gasteiger partial charge in [-0.2, -0.15) is 0 Å². The Balaban J connectivity index is 2.22. The summed E-state index contributed by atoms with van der Waals surface area (Å²) in [6, 6.07) is 0. The zero-order valence-corrected chi connectivity index (χ0v) is 4.58. The third kappa shape index (κ3) is 1.18. The van der Waals surface area contributed by atoms with Crippen molar-refractivity contribution in [1.29, 1.82) is 0 Å². The zero-order valence-electron chi connectivity index (χ0n) is 4.58. The van der Waals surface area contributed by atoms with Gasteiger partial charge in [0.2, 0.25) is 0 Å². The molecule has 0 aromatic heterocycles. The molecule has 48 valence electrons. The van der Waals surface area contributed by atoms with Crippen molar-refractivity contribution in [2.45, 2.75) is 12.7 Å². The van der Waals surface area contributed by atoms with Gasteiger partial charge in [-0.3, -0.25) is 0 Å². The lowest BCUT2D eigenvalue weighted by Gasteiger charge is -1.97. The van der Waals surface area contributed by atoms with Crippen molar-refractivity contribution < 1.29 is 14.9 Å². The van der Waals surface area contributed by atoms with E-state index in [4.69, 9.17) is 14.9 Å². The number of rotatable bonds is 1. The molecule has 2 unspecified atom stereocenters. The van der Waals surface area contributed by atoms with E-state index in [0.29, 0.717) is 13.0 Å². The molecule has 0 amide bonds. The zero-order chi connectivity index (χ0) is 5.98. The molecular weight excluding hydrogens is 108 g/mol. The summed E-state index contributed by atoms with van der Waals surface area (Å²) in [5.41, 5.74) is 0. The average molecular weight is 118 g/mol. The van der Waals surface area contributed by atoms with Crippen molar-refractivity contribution in [1.82, 2.24) is 0 Å². The molecule has 2 atom stereocenters. The van der Waals surface area contributed by atoms with Crippen LogP contribution in [0.25, 0.3) is 0 Å². The molecule has 0 saturated carbocycles. The van der Waals surface area contributed by atoms with Gasteiger partial charge in [0.15, 0.2) is 6.29 Å². The molecule has 8 heavy (non-hydrogen) atoms. The van der Waals surface area contributed by atoms with E-state index < -0.39 is 6.29 Å². The highest BCUT2D eigenvalue weighted by molar-refractivity contribution is 4.64. The van der Waals surface area contributed by atoms with E-state index >= 15 is 0 Å². The Morgan fingerprint density at radius 3 is 2.62 bits per heavy atom. The Bertz CT molecular complexity index is 74.1. The summed E-state index contributed by atoms with van der Waals surface area (Å²) >= 11 is 0. The van der Waals surface area contributed by atoms with E-state index in [1.54, 1.807) is 0 Å². The molecule has 1 saturated heterocycles. The van der Waals surface area contributed by atoms with Crippen molar-refractivity contribution in [3.05, 3.63) is 0 Å². The van der Waals surface area contributed by atoms with Crippen LogP contribution in [0.4, 0.5) is 0 Å². The monoisotopic (exact) mass is 118 g/mol. The van der Waals surface area contributed by atoms with Crippen LogP contribution in [0.1, 0.15) is 6.42 Å². The first-order valence-corrected chi connectivity index (χ1v) is 2.73. The van der Waals surface area contributed by atoms with Crippen LogP contribution in [0, 0.1) is 5.92 Å². The van der Waals surface area contributed by atoms with Gasteiger partial charge in [0.25, 0.3) is 0 Å². The van der Waals surface area contributed by atoms with Gasteiger partial charge < -0.3 is 14.9 Å². The predicted octanol–water partition coefficient (Wildman–Crippen LogP) is -0.666. The summed E-state index contributed by atoms with van der Waals surface area (Å²) < 4.78 is 4.75. The molecule has 0 spiro atoms. The molecule has 1 rings (SSSR count). The summed E-state index contributed by atoms with van der Waals surface area (Å²) in [7, 11) is 0. The maximum atomic E-state index is 8.70. The lowest BCUT2D eigenvalue weighted by atomic mass is 10.1. The highest BCUT2D eigenvalue weighted by atomic mass is 16.6. The number of aliphatic hydroxyl groups is 2. The fourth-order valence-corrected chi connectivity index (χ4v) is 0.796. The first-order valence-electron chi connectivity index (χ1n) is 2.73. The van der Waals surface area contributed by atoms with E-state index in [9.17, 15) is 0 Å². The summed E-state index contributed by atoms with van der Waals surface area (Å²) in [6.07, 6.45) is -0.0524. The summed E-state index contributed by atoms with van der Waals surface area (Å²) in [5, 5.41) is 17.2. The summed E-state index contributed by atoms with van der Waals surface area (Å²) in [4.78, 5) is 0. The van der Waals surface area contributed by atoms with E-state index in [1.807, 2.05) is 0 Å². The molecule has 0 aromatic carbocycles. The van der Waals surface area contributed by atoms with E-state index in [2.05, 4.69) is 0 Å². The second-order valence-electron chi connectivity index (χ2n) is 2.07. The van der Waals surface area contributed by atoms with Crippen LogP contribution in [-0.4, -0.2) is 29.7 Å². The van der Waals surface area contributed by atoms with Crippen LogP contribution in [-0.2, 0) is 4.74 Å². The van der Waals surface area contributed by atoms with Crippen LogP contribution in [0.15, 0.2) is 0 Å². The van der Waals surface area contributed by atoms with Crippen molar-refractivity contribution in [2.75, 3.05) is 13.2 Å². The Kier molecular flexibility index (Phi) is 1.83. The van der Waals surface area contributed by atoms with Gasteiger partial charge in [0, 0.05) is 18.9 Å². The molecule has 1 heterocycles. The highest BCUT2D eigenvalue weighted by Crippen LogP contribution is 2.15. The van der Waals surface area contributed by atoms with Gasteiger partial charge in [-0.15, -0.1) is 0 Å². The minimum absolute atomic E-state index is 0.122. The molecule has 2 N–H and O–H groups in total. The molecule has 0 bridgehead atoms. The number of hydrogen-bond donors (Lipinski definition) is 2. The van der Waals surface area contributed by atoms with Gasteiger partial charge in [-0.05, 0) is 0 Å². The molecular formula is C5H10O3. The maximum absolute atomic E-state index is 8.70. The van der Waals surface area contributed by atoms with Crippen molar-refractivity contribution >= 4 is 0 Å². The fraction of sp³-hybridized carbons (Fsp3) is 1.00. The minimum atomic E-state index is -0.632. The molecule has 0 radical (unpaired) electrons. The van der Waals surface area contributed by atoms with E-state index in [-0.39, 0.29) is 12.5 Å². The van der Waals surface area contributed by atoms with Crippen molar-refractivity contribution in [3.63, 3.8) is 0 Å². The average Bonchev–Trinajstić information content (AvgIpc) is 2.14. The highest BCUT2D eigenvalue weighted by Gasteiger charge is 2.21. The third-order valence-electron chi connectivity index (χ3n) is 1.32. The van der Waals surface area contributed by atoms with E-state index in [1.165, 1.54) is 0 Å². The van der Waals surface area contributed by atoms with Gasteiger partial charge in [0.05, 0.1) is 6.61 Å². The Morgan fingerprint density at radius 2 is 2.38 bits per heavy atom. The topological polar surface area (TPSA) is 49.7 Å². The summed E-state index contributed by atoms with van der Waals surface area (Å²) in [5.74, 6) is 0.157. The first-order chi connectivity index (χ1) is 3.83. The number of hydrogen-bond acceptors (Lipinski definition) is 3. The quantitative estimate of drug-likeness (QED) is 0.480. The number of aliphatic hydroxyl groups excluding tert-OH is 2. The van der Waals surface area contributed by atoms with E-state index in [0.717, 1.165) is 0 Å². The van der Waals surface area contributed by atoms with Gasteiger partial charge in [-0.25, -0.2) is 0 Å². The largest absolute Gasteiger partial charge is 0.396 e. The molecule has 3 nitrogen and oxygen atoms in total. The SMILES string of the molecule is OCC1COC(O)C1. The molecule has 1 aliphatic rings. The fourth-order valence-electron chi connectivity index (χ4n) is 0.796. The minimum Gasteiger partial charge on any atom is -0.396 e. The van der Waals surface area contributed by atoms with Gasteiger partial charge in [0.1, 0.15) is 0 Å². The molecule has 3 heteroatoms. The van der Waals surface area contributed by atoms with Crippen LogP contribution in [0.2, 0.25) is 0 Å². The molecule has 0 aromatic rings. The van der Waals surface area contributed by atoms with Crippen LogP contribution < -0.4 is 0 Å². The predicted molar refractivity (Wildman–Crippen MR) is 27.2 cm³/mol. The second-order valence-corrected chi connectivity index (χ2v) is 2.07. The lowest BCUT2D eigenvalue weighted by molar-refractivity contribution is -0.0592. The summed E-state index contributed by atoms with van der Waals surface area (Å²) in [6.45, 7) is 0.620. The molecule has 1 aliphatic heterocycles.